The second-order valence-corrected chi connectivity index (χ2v) is 10.1. The summed E-state index contributed by atoms with van der Waals surface area (Å²) in [6, 6.07) is 17.0. The Hall–Kier alpha value is -3.69. The fraction of sp³-hybridized carbons (Fsp3) is 0.125. The number of carbonyl (C=O) groups is 1. The van der Waals surface area contributed by atoms with Gasteiger partial charge in [-0.15, -0.1) is 0 Å². The number of aromatic nitrogens is 2. The number of halogens is 1. The van der Waals surface area contributed by atoms with Crippen molar-refractivity contribution in [1.29, 1.82) is 0 Å². The van der Waals surface area contributed by atoms with E-state index >= 15 is 0 Å². The van der Waals surface area contributed by atoms with Gasteiger partial charge >= 0.3 is 0 Å². The lowest BCUT2D eigenvalue weighted by Crippen LogP contribution is -2.24. The summed E-state index contributed by atoms with van der Waals surface area (Å²) in [5.74, 6) is -1.11. The number of benzene rings is 3. The number of phenols is 1. The van der Waals surface area contributed by atoms with Crippen LogP contribution in [0, 0.1) is 0 Å². The normalized spacial score (nSPS) is 11.5. The predicted octanol–water partition coefficient (Wildman–Crippen LogP) is 3.45. The van der Waals surface area contributed by atoms with E-state index in [9.17, 15) is 23.1 Å². The first-order chi connectivity index (χ1) is 16.1. The first-order valence-corrected chi connectivity index (χ1v) is 12.2. The molecule has 0 fully saturated rings. The number of rotatable bonds is 6. The zero-order valence-electron chi connectivity index (χ0n) is 18.0. The van der Waals surface area contributed by atoms with Gasteiger partial charge in [-0.2, -0.15) is 5.10 Å². The molecule has 0 saturated carbocycles. The first-order valence-electron chi connectivity index (χ1n) is 10.2. The van der Waals surface area contributed by atoms with Crippen LogP contribution in [-0.4, -0.2) is 29.2 Å². The van der Waals surface area contributed by atoms with Crippen molar-refractivity contribution >= 4 is 43.8 Å². The molecule has 3 aromatic carbocycles. The summed E-state index contributed by atoms with van der Waals surface area (Å²) in [6.07, 6.45) is -0.187. The summed E-state index contributed by atoms with van der Waals surface area (Å²) < 4.78 is 26.9. The number of phenolic OH excluding ortho intramolecular Hbond substituents is 1. The number of carbonyl (C=O) groups excluding carboxylic acids is 1. The highest BCUT2D eigenvalue weighted by Crippen LogP contribution is 2.29. The lowest BCUT2D eigenvalue weighted by Gasteiger charge is -2.12. The molecule has 0 spiro atoms. The minimum atomic E-state index is -3.77. The monoisotopic (exact) mass is 497 g/mol. The van der Waals surface area contributed by atoms with Gasteiger partial charge in [-0.25, -0.2) is 13.1 Å². The standard InChI is InChI=1S/C24H20ClN3O5S/c1-28-24(31)19-8-3-2-7-18(19)20(27-28)13-23(30)26-21-12-17(9-10-22(21)29)34(32,33)14-15-5-4-6-16(25)11-15/h2-12,29H,13-14H2,1H3,(H,26,30). The molecule has 34 heavy (non-hydrogen) atoms. The third kappa shape index (κ3) is 4.95. The number of anilines is 1. The fourth-order valence-corrected chi connectivity index (χ4v) is 5.16. The van der Waals surface area contributed by atoms with Gasteiger partial charge in [0.2, 0.25) is 5.91 Å². The van der Waals surface area contributed by atoms with Crippen LogP contribution in [0.1, 0.15) is 11.3 Å². The molecule has 10 heteroatoms. The number of hydrogen-bond donors (Lipinski definition) is 2. The maximum absolute atomic E-state index is 12.9. The molecular formula is C24H20ClN3O5S. The summed E-state index contributed by atoms with van der Waals surface area (Å²) in [6.45, 7) is 0. The summed E-state index contributed by atoms with van der Waals surface area (Å²) in [7, 11) is -2.28. The van der Waals surface area contributed by atoms with Gasteiger partial charge in [-0.1, -0.05) is 41.9 Å². The SMILES string of the molecule is Cn1nc(CC(=O)Nc2cc(S(=O)(=O)Cc3cccc(Cl)c3)ccc2O)c2ccccc2c1=O. The number of aromatic hydroxyl groups is 1. The van der Waals surface area contributed by atoms with Gasteiger partial charge in [0.05, 0.1) is 33.8 Å². The highest BCUT2D eigenvalue weighted by Gasteiger charge is 2.19. The van der Waals surface area contributed by atoms with Crippen molar-refractivity contribution in [2.24, 2.45) is 7.05 Å². The fourth-order valence-electron chi connectivity index (χ4n) is 3.59. The van der Waals surface area contributed by atoms with Gasteiger partial charge in [0.15, 0.2) is 9.84 Å². The number of nitrogens with zero attached hydrogens (tertiary/aromatic N) is 2. The van der Waals surface area contributed by atoms with Gasteiger partial charge in [0.25, 0.3) is 5.56 Å². The molecule has 0 saturated heterocycles. The summed E-state index contributed by atoms with van der Waals surface area (Å²) in [5.41, 5.74) is 0.555. The van der Waals surface area contributed by atoms with Crippen LogP contribution >= 0.6 is 11.6 Å². The molecule has 0 aliphatic heterocycles. The lowest BCUT2D eigenvalue weighted by molar-refractivity contribution is -0.115. The van der Waals surface area contributed by atoms with Crippen LogP contribution in [-0.2, 0) is 33.9 Å². The van der Waals surface area contributed by atoms with Crippen LogP contribution in [0.5, 0.6) is 5.75 Å². The lowest BCUT2D eigenvalue weighted by atomic mass is 10.1. The Balaban J connectivity index is 1.59. The van der Waals surface area contributed by atoms with Crippen molar-refractivity contribution in [3.8, 4) is 5.75 Å². The Labute approximate surface area is 200 Å². The predicted molar refractivity (Wildman–Crippen MR) is 130 cm³/mol. The van der Waals surface area contributed by atoms with E-state index in [1.807, 2.05) is 0 Å². The Morgan fingerprint density at radius 2 is 1.79 bits per heavy atom. The molecule has 0 aliphatic rings. The first kappa shape index (κ1) is 23.5. The summed E-state index contributed by atoms with van der Waals surface area (Å²) >= 11 is 5.94. The molecule has 174 valence electrons. The topological polar surface area (TPSA) is 118 Å². The zero-order valence-corrected chi connectivity index (χ0v) is 19.6. The van der Waals surface area contributed by atoms with Gasteiger partial charge in [0.1, 0.15) is 5.75 Å². The van der Waals surface area contributed by atoms with Crippen molar-refractivity contribution in [3.05, 3.63) is 93.4 Å². The average molecular weight is 498 g/mol. The molecule has 8 nitrogen and oxygen atoms in total. The molecule has 4 rings (SSSR count). The van der Waals surface area contributed by atoms with E-state index in [1.165, 1.54) is 25.2 Å². The Kier molecular flexibility index (Phi) is 6.41. The molecule has 2 N–H and O–H groups in total. The number of amides is 1. The van der Waals surface area contributed by atoms with E-state index in [1.54, 1.807) is 48.5 Å². The van der Waals surface area contributed by atoms with E-state index in [0.29, 0.717) is 27.1 Å². The Morgan fingerprint density at radius 3 is 2.53 bits per heavy atom. The summed E-state index contributed by atoms with van der Waals surface area (Å²) in [4.78, 5) is 25.0. The van der Waals surface area contributed by atoms with Gasteiger partial charge in [-0.05, 0) is 42.0 Å². The highest BCUT2D eigenvalue weighted by molar-refractivity contribution is 7.90. The summed E-state index contributed by atoms with van der Waals surface area (Å²) in [5, 5.41) is 18.3. The number of aryl methyl sites for hydroxylation is 1. The third-order valence-corrected chi connectivity index (χ3v) is 7.13. The number of hydrogen-bond acceptors (Lipinski definition) is 6. The second kappa shape index (κ2) is 9.28. The van der Waals surface area contributed by atoms with Crippen molar-refractivity contribution in [3.63, 3.8) is 0 Å². The van der Waals surface area contributed by atoms with E-state index < -0.39 is 15.7 Å². The minimum absolute atomic E-state index is 0.0497. The molecule has 0 bridgehead atoms. The van der Waals surface area contributed by atoms with Crippen LogP contribution in [0.25, 0.3) is 10.8 Å². The number of nitrogens with one attached hydrogen (secondary N) is 1. The molecule has 1 amide bonds. The Bertz CT molecular complexity index is 1580. The maximum Gasteiger partial charge on any atom is 0.274 e. The molecule has 0 radical (unpaired) electrons. The van der Waals surface area contributed by atoms with Gasteiger partial charge < -0.3 is 10.4 Å². The second-order valence-electron chi connectivity index (χ2n) is 7.71. The Morgan fingerprint density at radius 1 is 1.06 bits per heavy atom. The van der Waals surface area contributed by atoms with Crippen molar-refractivity contribution < 1.29 is 18.3 Å². The smallest absolute Gasteiger partial charge is 0.274 e. The molecule has 0 atom stereocenters. The van der Waals surface area contributed by atoms with Crippen molar-refractivity contribution in [2.75, 3.05) is 5.32 Å². The van der Waals surface area contributed by atoms with Crippen LogP contribution in [0.2, 0.25) is 5.02 Å². The molecular weight excluding hydrogens is 478 g/mol. The third-order valence-electron chi connectivity index (χ3n) is 5.21. The average Bonchev–Trinajstić information content (AvgIpc) is 2.78. The van der Waals surface area contributed by atoms with Crippen LogP contribution < -0.4 is 10.9 Å². The highest BCUT2D eigenvalue weighted by atomic mass is 35.5. The largest absolute Gasteiger partial charge is 0.506 e. The maximum atomic E-state index is 12.9. The van der Waals surface area contributed by atoms with E-state index in [0.717, 1.165) is 4.68 Å². The van der Waals surface area contributed by atoms with Crippen LogP contribution in [0.3, 0.4) is 0 Å². The van der Waals surface area contributed by atoms with E-state index in [-0.39, 0.29) is 34.1 Å². The van der Waals surface area contributed by atoms with Crippen LogP contribution in [0.4, 0.5) is 5.69 Å². The van der Waals surface area contributed by atoms with Crippen molar-refractivity contribution in [2.45, 2.75) is 17.1 Å². The number of sulfone groups is 1. The van der Waals surface area contributed by atoms with E-state index in [2.05, 4.69) is 10.4 Å². The molecule has 4 aromatic rings. The van der Waals surface area contributed by atoms with Gasteiger partial charge in [0, 0.05) is 17.5 Å². The quantitative estimate of drug-likeness (QED) is 0.394. The zero-order chi connectivity index (χ0) is 24.5. The molecule has 1 aromatic heterocycles. The van der Waals surface area contributed by atoms with Crippen molar-refractivity contribution in [1.82, 2.24) is 9.78 Å². The molecule has 1 heterocycles. The minimum Gasteiger partial charge on any atom is -0.506 e. The van der Waals surface area contributed by atoms with Gasteiger partial charge in [-0.3, -0.25) is 9.59 Å². The molecule has 0 unspecified atom stereocenters. The van der Waals surface area contributed by atoms with E-state index in [4.69, 9.17) is 11.6 Å². The molecule has 0 aliphatic carbocycles. The van der Waals surface area contributed by atoms with Crippen LogP contribution in [0.15, 0.2) is 76.4 Å². The number of fused-ring (bicyclic) bond motifs is 1.